The summed E-state index contributed by atoms with van der Waals surface area (Å²) in [6.07, 6.45) is 1.88. The molecule has 0 spiro atoms. The second kappa shape index (κ2) is 8.84. The molecule has 166 valence electrons. The monoisotopic (exact) mass is 468 g/mol. The molecule has 1 aromatic heterocycles. The summed E-state index contributed by atoms with van der Waals surface area (Å²) in [5, 5.41) is 5.79. The highest BCUT2D eigenvalue weighted by Gasteiger charge is 2.29. The molecular weight excluding hydrogens is 444 g/mol. The van der Waals surface area contributed by atoms with Crippen LogP contribution in [0.4, 0.5) is 11.4 Å². The van der Waals surface area contributed by atoms with E-state index in [1.807, 2.05) is 35.4 Å². The molecule has 4 rings (SSSR count). The zero-order valence-electron chi connectivity index (χ0n) is 18.1. The molecule has 0 saturated carbocycles. The highest BCUT2D eigenvalue weighted by Crippen LogP contribution is 2.33. The largest absolute Gasteiger partial charge is 0.328 e. The van der Waals surface area contributed by atoms with Crippen LogP contribution in [0.5, 0.6) is 0 Å². The van der Waals surface area contributed by atoms with Crippen molar-refractivity contribution in [3.63, 3.8) is 0 Å². The highest BCUT2D eigenvalue weighted by molar-refractivity contribution is 7.90. The number of aryl methyl sites for hydroxylation is 1. The van der Waals surface area contributed by atoms with Gasteiger partial charge in [0.25, 0.3) is 15.9 Å². The Kier molecular flexibility index (Phi) is 6.12. The summed E-state index contributed by atoms with van der Waals surface area (Å²) >= 11 is 1.56. The Morgan fingerprint density at radius 1 is 1.16 bits per heavy atom. The lowest BCUT2D eigenvalue weighted by Gasteiger charge is -2.29. The molecule has 1 aliphatic rings. The maximum atomic E-state index is 12.9. The van der Waals surface area contributed by atoms with E-state index in [0.717, 1.165) is 29.1 Å². The van der Waals surface area contributed by atoms with Crippen LogP contribution in [-0.2, 0) is 10.0 Å². The molecule has 0 bridgehead atoms. The van der Waals surface area contributed by atoms with Gasteiger partial charge in [0.2, 0.25) is 0 Å². The number of anilines is 2. The van der Waals surface area contributed by atoms with Crippen molar-refractivity contribution in [3.8, 4) is 11.3 Å². The van der Waals surface area contributed by atoms with Crippen molar-refractivity contribution in [2.45, 2.75) is 38.5 Å². The molecule has 1 amide bonds. The minimum absolute atomic E-state index is 0.0542. The summed E-state index contributed by atoms with van der Waals surface area (Å²) in [5.41, 5.74) is 3.17. The Morgan fingerprint density at radius 2 is 1.97 bits per heavy atom. The lowest BCUT2D eigenvalue weighted by Crippen LogP contribution is -2.34. The van der Waals surface area contributed by atoms with Crippen LogP contribution in [0.25, 0.3) is 11.3 Å². The number of amidine groups is 1. The van der Waals surface area contributed by atoms with Crippen molar-refractivity contribution in [1.82, 2.24) is 4.98 Å². The Labute approximate surface area is 191 Å². The van der Waals surface area contributed by atoms with E-state index < -0.39 is 10.0 Å². The first-order chi connectivity index (χ1) is 15.3. The quantitative estimate of drug-likeness (QED) is 0.543. The average Bonchev–Trinajstić information content (AvgIpc) is 3.19. The Balaban J connectivity index is 1.61. The van der Waals surface area contributed by atoms with Crippen molar-refractivity contribution >= 4 is 44.5 Å². The maximum absolute atomic E-state index is 12.9. The van der Waals surface area contributed by atoms with Crippen molar-refractivity contribution in [2.75, 3.05) is 16.8 Å². The fourth-order valence-corrected chi connectivity index (χ4v) is 5.47. The van der Waals surface area contributed by atoms with Gasteiger partial charge < -0.3 is 10.2 Å². The summed E-state index contributed by atoms with van der Waals surface area (Å²) in [5.74, 6) is 0.0539. The summed E-state index contributed by atoms with van der Waals surface area (Å²) < 4.78 is 29.3. The van der Waals surface area contributed by atoms with Gasteiger partial charge in [-0.1, -0.05) is 25.5 Å². The standard InChI is InChI=1S/C23H24N4O3S2/c1-4-5-11-27-15(2)26-32(29,30)22-13-18(9-10-21(22)27)23(28)25-19-8-6-7-17(12-19)20-14-31-16(3)24-20/h6-10,12-14H,4-5,11H2,1-3H3,(H,25,28). The zero-order valence-corrected chi connectivity index (χ0v) is 19.8. The first-order valence-corrected chi connectivity index (χ1v) is 12.7. The number of nitrogens with one attached hydrogen (secondary N) is 1. The SMILES string of the molecule is CCCCN1C(C)=NS(=O)(=O)c2cc(C(=O)Nc3cccc(-c4csc(C)n4)c3)ccc21. The minimum atomic E-state index is -3.86. The van der Waals surface area contributed by atoms with E-state index in [9.17, 15) is 13.2 Å². The van der Waals surface area contributed by atoms with Crippen LogP contribution < -0.4 is 10.2 Å². The number of carbonyl (C=O) groups is 1. The second-order valence-electron chi connectivity index (χ2n) is 7.59. The molecule has 2 aromatic carbocycles. The van der Waals surface area contributed by atoms with Crippen LogP contribution in [0.1, 0.15) is 42.1 Å². The number of fused-ring (bicyclic) bond motifs is 1. The normalized spacial score (nSPS) is 14.6. The molecule has 3 aromatic rings. The smallest absolute Gasteiger partial charge is 0.286 e. The number of sulfonamides is 1. The maximum Gasteiger partial charge on any atom is 0.286 e. The zero-order chi connectivity index (χ0) is 22.9. The molecule has 0 radical (unpaired) electrons. The van der Waals surface area contributed by atoms with Gasteiger partial charge in [0.1, 0.15) is 10.7 Å². The van der Waals surface area contributed by atoms with Crippen LogP contribution in [0.15, 0.2) is 57.1 Å². The van der Waals surface area contributed by atoms with Crippen LogP contribution >= 0.6 is 11.3 Å². The highest BCUT2D eigenvalue weighted by atomic mass is 32.2. The van der Waals surface area contributed by atoms with Crippen molar-refractivity contribution in [1.29, 1.82) is 0 Å². The lowest BCUT2D eigenvalue weighted by molar-refractivity contribution is 0.102. The number of thiazole rings is 1. The van der Waals surface area contributed by atoms with Crippen LogP contribution in [-0.4, -0.2) is 31.7 Å². The third-order valence-electron chi connectivity index (χ3n) is 5.20. The van der Waals surface area contributed by atoms with Gasteiger partial charge >= 0.3 is 0 Å². The van der Waals surface area contributed by atoms with Gasteiger partial charge in [-0.15, -0.1) is 15.7 Å². The Morgan fingerprint density at radius 3 is 2.69 bits per heavy atom. The molecule has 0 atom stereocenters. The first-order valence-electron chi connectivity index (χ1n) is 10.4. The van der Waals surface area contributed by atoms with Crippen LogP contribution in [0.3, 0.4) is 0 Å². The molecule has 9 heteroatoms. The molecule has 0 fully saturated rings. The molecule has 1 aliphatic heterocycles. The molecule has 0 aliphatic carbocycles. The molecule has 2 heterocycles. The molecule has 1 N–H and O–H groups in total. The topological polar surface area (TPSA) is 91.7 Å². The van der Waals surface area contributed by atoms with Crippen LogP contribution in [0, 0.1) is 6.92 Å². The Bertz CT molecular complexity index is 1310. The van der Waals surface area contributed by atoms with E-state index >= 15 is 0 Å². The molecule has 7 nitrogen and oxygen atoms in total. The van der Waals surface area contributed by atoms with E-state index in [2.05, 4.69) is 21.6 Å². The van der Waals surface area contributed by atoms with Gasteiger partial charge in [0.15, 0.2) is 0 Å². The number of unbranched alkanes of at least 4 members (excludes halogenated alkanes) is 1. The van der Waals surface area contributed by atoms with E-state index in [-0.39, 0.29) is 16.4 Å². The van der Waals surface area contributed by atoms with Gasteiger partial charge in [-0.25, -0.2) is 4.98 Å². The summed E-state index contributed by atoms with van der Waals surface area (Å²) in [6.45, 7) is 6.38. The van der Waals surface area contributed by atoms with E-state index in [1.54, 1.807) is 36.5 Å². The van der Waals surface area contributed by atoms with Crippen molar-refractivity contribution in [3.05, 3.63) is 58.4 Å². The van der Waals surface area contributed by atoms with Crippen molar-refractivity contribution in [2.24, 2.45) is 4.40 Å². The number of amides is 1. The summed E-state index contributed by atoms with van der Waals surface area (Å²) in [4.78, 5) is 19.3. The summed E-state index contributed by atoms with van der Waals surface area (Å²) in [6, 6.07) is 12.2. The number of benzene rings is 2. The average molecular weight is 469 g/mol. The number of aromatic nitrogens is 1. The number of nitrogens with zero attached hydrogens (tertiary/aromatic N) is 3. The Hall–Kier alpha value is -3.04. The van der Waals surface area contributed by atoms with E-state index in [1.165, 1.54) is 6.07 Å². The van der Waals surface area contributed by atoms with Gasteiger partial charge in [0.05, 0.1) is 16.4 Å². The predicted octanol–water partition coefficient (Wildman–Crippen LogP) is 5.10. The molecule has 0 unspecified atom stereocenters. The van der Waals surface area contributed by atoms with Crippen molar-refractivity contribution < 1.29 is 13.2 Å². The van der Waals surface area contributed by atoms with Gasteiger partial charge in [-0.2, -0.15) is 8.42 Å². The van der Waals surface area contributed by atoms with Gasteiger partial charge in [0, 0.05) is 28.7 Å². The van der Waals surface area contributed by atoms with Gasteiger partial charge in [-0.3, -0.25) is 4.79 Å². The van der Waals surface area contributed by atoms with Crippen LogP contribution in [0.2, 0.25) is 0 Å². The predicted molar refractivity (Wildman–Crippen MR) is 129 cm³/mol. The van der Waals surface area contributed by atoms with E-state index in [4.69, 9.17) is 0 Å². The third-order valence-corrected chi connectivity index (χ3v) is 7.37. The number of hydrogen-bond acceptors (Lipinski definition) is 6. The van der Waals surface area contributed by atoms with E-state index in [0.29, 0.717) is 23.8 Å². The first kappa shape index (κ1) is 22.2. The lowest BCUT2D eigenvalue weighted by atomic mass is 10.1. The molecule has 0 saturated heterocycles. The fraction of sp³-hybridized carbons (Fsp3) is 0.261. The third kappa shape index (κ3) is 4.44. The number of carbonyl (C=O) groups excluding carboxylic acids is 1. The fourth-order valence-electron chi connectivity index (χ4n) is 3.59. The molecule has 32 heavy (non-hydrogen) atoms. The summed E-state index contributed by atoms with van der Waals surface area (Å²) in [7, 11) is -3.86. The second-order valence-corrected chi connectivity index (χ2v) is 10.2. The number of rotatable bonds is 6. The molecular formula is C23H24N4O3S2. The van der Waals surface area contributed by atoms with Gasteiger partial charge in [-0.05, 0) is 50.6 Å². The minimum Gasteiger partial charge on any atom is -0.328 e. The number of hydrogen-bond donors (Lipinski definition) is 1.